The smallest absolute Gasteiger partial charge is 0.311 e. The third kappa shape index (κ3) is 3.44. The first-order valence-electron chi connectivity index (χ1n) is 5.17. The molecule has 0 N–H and O–H groups in total. The highest BCUT2D eigenvalue weighted by Gasteiger charge is 2.21. The Kier molecular flexibility index (Phi) is 5.58. The van der Waals surface area contributed by atoms with Gasteiger partial charge in [0.15, 0.2) is 0 Å². The van der Waals surface area contributed by atoms with Crippen molar-refractivity contribution in [3.8, 4) is 0 Å². The van der Waals surface area contributed by atoms with Gasteiger partial charge in [-0.2, -0.15) is 0 Å². The van der Waals surface area contributed by atoms with Crippen molar-refractivity contribution in [2.24, 2.45) is 0 Å². The van der Waals surface area contributed by atoms with Gasteiger partial charge in [0.1, 0.15) is 5.82 Å². The van der Waals surface area contributed by atoms with Crippen LogP contribution >= 0.6 is 15.9 Å². The minimum atomic E-state index is -2.81. The van der Waals surface area contributed by atoms with Crippen molar-refractivity contribution in [1.82, 2.24) is 4.98 Å². The lowest BCUT2D eigenvalue weighted by atomic mass is 10.1. The van der Waals surface area contributed by atoms with Crippen LogP contribution in [0.25, 0.3) is 0 Å². The lowest BCUT2D eigenvalue weighted by molar-refractivity contribution is -0.142. The lowest BCUT2D eigenvalue weighted by Crippen LogP contribution is -2.12. The topological polar surface area (TPSA) is 39.2 Å². The molecule has 0 aliphatic rings. The van der Waals surface area contributed by atoms with E-state index >= 15 is 0 Å². The quantitative estimate of drug-likeness (QED) is 0.616. The van der Waals surface area contributed by atoms with Crippen LogP contribution in [0.15, 0.2) is 6.20 Å². The maximum Gasteiger partial charge on any atom is 0.311 e. The van der Waals surface area contributed by atoms with Crippen molar-refractivity contribution in [3.05, 3.63) is 28.8 Å². The van der Waals surface area contributed by atoms with E-state index < -0.39 is 23.8 Å². The molecule has 18 heavy (non-hydrogen) atoms. The van der Waals surface area contributed by atoms with E-state index in [9.17, 15) is 18.0 Å². The molecular weight excluding hydrogens is 315 g/mol. The predicted molar refractivity (Wildman–Crippen MR) is 62.1 cm³/mol. The summed E-state index contributed by atoms with van der Waals surface area (Å²) in [6.45, 7) is 1.78. The van der Waals surface area contributed by atoms with Gasteiger partial charge >= 0.3 is 5.97 Å². The molecule has 0 fully saturated rings. The molecule has 7 heteroatoms. The molecule has 1 rings (SSSR count). The largest absolute Gasteiger partial charge is 0.466 e. The van der Waals surface area contributed by atoms with Gasteiger partial charge in [0.2, 0.25) is 0 Å². The summed E-state index contributed by atoms with van der Waals surface area (Å²) >= 11 is 2.94. The molecule has 1 aromatic heterocycles. The van der Waals surface area contributed by atoms with Crippen LogP contribution in [-0.4, -0.2) is 17.6 Å². The van der Waals surface area contributed by atoms with Gasteiger partial charge in [-0.15, -0.1) is 0 Å². The van der Waals surface area contributed by atoms with E-state index in [0.717, 1.165) is 6.20 Å². The molecule has 0 aliphatic carbocycles. The number of nitrogens with zero attached hydrogens (tertiary/aromatic N) is 1. The fraction of sp³-hybridized carbons (Fsp3) is 0.455. The van der Waals surface area contributed by atoms with Crippen LogP contribution in [-0.2, 0) is 21.3 Å². The lowest BCUT2D eigenvalue weighted by Gasteiger charge is -2.10. The fourth-order valence-corrected chi connectivity index (χ4v) is 1.95. The van der Waals surface area contributed by atoms with Crippen LogP contribution in [0.4, 0.5) is 13.2 Å². The Morgan fingerprint density at radius 3 is 2.72 bits per heavy atom. The summed E-state index contributed by atoms with van der Waals surface area (Å²) in [6, 6.07) is 0. The van der Waals surface area contributed by atoms with Crippen molar-refractivity contribution in [2.75, 3.05) is 6.61 Å². The molecule has 0 spiro atoms. The number of ether oxygens (including phenoxy) is 1. The van der Waals surface area contributed by atoms with E-state index in [1.807, 2.05) is 0 Å². The Morgan fingerprint density at radius 2 is 2.22 bits per heavy atom. The second-order valence-electron chi connectivity index (χ2n) is 3.37. The number of halogens is 4. The number of carbonyl (C=O) groups is 1. The number of carbonyl (C=O) groups excluding carboxylic acids is 1. The molecule has 0 bridgehead atoms. The molecule has 0 aliphatic heterocycles. The molecule has 0 saturated heterocycles. The highest BCUT2D eigenvalue weighted by molar-refractivity contribution is 9.08. The third-order valence-electron chi connectivity index (χ3n) is 2.21. The number of aromatic nitrogens is 1. The Balaban J connectivity index is 3.05. The summed E-state index contributed by atoms with van der Waals surface area (Å²) in [7, 11) is 0. The molecule has 3 nitrogen and oxygen atoms in total. The maximum atomic E-state index is 13.9. The fourth-order valence-electron chi connectivity index (χ4n) is 1.38. The molecule has 0 amide bonds. The summed E-state index contributed by atoms with van der Waals surface area (Å²) in [5, 5.41) is -0.0726. The van der Waals surface area contributed by atoms with Crippen LogP contribution < -0.4 is 0 Å². The maximum absolute atomic E-state index is 13.9. The number of alkyl halides is 3. The zero-order chi connectivity index (χ0) is 13.7. The predicted octanol–water partition coefficient (Wildman–Crippen LogP) is 3.16. The number of rotatable bonds is 5. The summed E-state index contributed by atoms with van der Waals surface area (Å²) in [5.74, 6) is -1.54. The second kappa shape index (κ2) is 6.72. The van der Waals surface area contributed by atoms with E-state index in [1.54, 1.807) is 6.92 Å². The highest BCUT2D eigenvalue weighted by Crippen LogP contribution is 2.27. The molecule has 100 valence electrons. The Morgan fingerprint density at radius 1 is 1.56 bits per heavy atom. The van der Waals surface area contributed by atoms with Gasteiger partial charge in [0.25, 0.3) is 6.43 Å². The summed E-state index contributed by atoms with van der Waals surface area (Å²) < 4.78 is 43.7. The minimum Gasteiger partial charge on any atom is -0.466 e. The Bertz CT molecular complexity index is 441. The number of hydrogen-bond acceptors (Lipinski definition) is 3. The first-order valence-corrected chi connectivity index (χ1v) is 6.29. The zero-order valence-electron chi connectivity index (χ0n) is 9.55. The first-order chi connectivity index (χ1) is 8.51. The number of hydrogen-bond donors (Lipinski definition) is 0. The number of esters is 1. The van der Waals surface area contributed by atoms with Crippen LogP contribution in [0, 0.1) is 5.82 Å². The SMILES string of the molecule is CCOC(=O)Cc1ncc(C(F)F)c(CBr)c1F. The average molecular weight is 326 g/mol. The standard InChI is InChI=1S/C11H11BrF3NO2/c1-2-18-9(17)3-8-10(13)6(4-12)7(5-16-8)11(14)15/h5,11H,2-4H2,1H3. The molecule has 0 unspecified atom stereocenters. The van der Waals surface area contributed by atoms with E-state index in [1.165, 1.54) is 0 Å². The van der Waals surface area contributed by atoms with Crippen molar-refractivity contribution in [3.63, 3.8) is 0 Å². The van der Waals surface area contributed by atoms with Gasteiger partial charge in [-0.3, -0.25) is 9.78 Å². The van der Waals surface area contributed by atoms with E-state index in [-0.39, 0.29) is 29.6 Å². The van der Waals surface area contributed by atoms with Gasteiger partial charge < -0.3 is 4.74 Å². The molecule has 1 heterocycles. The normalized spacial score (nSPS) is 10.8. The van der Waals surface area contributed by atoms with E-state index in [2.05, 4.69) is 25.7 Å². The van der Waals surface area contributed by atoms with Crippen LogP contribution in [0.3, 0.4) is 0 Å². The number of pyridine rings is 1. The van der Waals surface area contributed by atoms with Crippen molar-refractivity contribution in [2.45, 2.75) is 25.1 Å². The van der Waals surface area contributed by atoms with Gasteiger partial charge in [0, 0.05) is 22.7 Å². The minimum absolute atomic E-state index is 0.0726. The summed E-state index contributed by atoms with van der Waals surface area (Å²) in [6.07, 6.45) is -2.29. The van der Waals surface area contributed by atoms with Crippen LogP contribution in [0.1, 0.15) is 30.2 Å². The van der Waals surface area contributed by atoms with E-state index in [4.69, 9.17) is 0 Å². The average Bonchev–Trinajstić information content (AvgIpc) is 2.31. The van der Waals surface area contributed by atoms with Crippen molar-refractivity contribution >= 4 is 21.9 Å². The molecule has 0 saturated carbocycles. The Hall–Kier alpha value is -1.11. The second-order valence-corrected chi connectivity index (χ2v) is 3.93. The van der Waals surface area contributed by atoms with Crippen molar-refractivity contribution < 1.29 is 22.7 Å². The zero-order valence-corrected chi connectivity index (χ0v) is 11.1. The molecule has 1 aromatic rings. The van der Waals surface area contributed by atoms with Crippen LogP contribution in [0.5, 0.6) is 0 Å². The monoisotopic (exact) mass is 325 g/mol. The molecule has 0 atom stereocenters. The summed E-state index contributed by atoms with van der Waals surface area (Å²) in [5.41, 5.74) is -0.844. The van der Waals surface area contributed by atoms with Crippen molar-refractivity contribution in [1.29, 1.82) is 0 Å². The molecular formula is C11H11BrF3NO2. The van der Waals surface area contributed by atoms with Gasteiger partial charge in [-0.05, 0) is 6.92 Å². The highest BCUT2D eigenvalue weighted by atomic mass is 79.9. The Labute approximate surface area is 110 Å². The van der Waals surface area contributed by atoms with Gasteiger partial charge in [-0.1, -0.05) is 15.9 Å². The third-order valence-corrected chi connectivity index (χ3v) is 2.77. The first kappa shape index (κ1) is 14.9. The molecule has 0 aromatic carbocycles. The van der Waals surface area contributed by atoms with Gasteiger partial charge in [-0.25, -0.2) is 13.2 Å². The molecule has 0 radical (unpaired) electrons. The van der Waals surface area contributed by atoms with E-state index in [0.29, 0.717) is 0 Å². The summed E-state index contributed by atoms with van der Waals surface area (Å²) in [4.78, 5) is 14.7. The van der Waals surface area contributed by atoms with Gasteiger partial charge in [0.05, 0.1) is 18.7 Å². The van der Waals surface area contributed by atoms with Crippen LogP contribution in [0.2, 0.25) is 0 Å².